The number of para-hydroxylation sites is 2. The minimum atomic E-state index is -4.86. The molecule has 4 amide bonds. The molecule has 0 saturated carbocycles. The van der Waals surface area contributed by atoms with Gasteiger partial charge in [-0.2, -0.15) is 17.6 Å². The van der Waals surface area contributed by atoms with Gasteiger partial charge in [-0.25, -0.2) is 18.0 Å². The van der Waals surface area contributed by atoms with E-state index in [-0.39, 0.29) is 109 Å². The molecule has 4 unspecified atom stereocenters. The molecule has 4 atom stereocenters. The van der Waals surface area contributed by atoms with Gasteiger partial charge in [-0.15, -0.1) is 10.1 Å². The number of ether oxygens (including phenoxy) is 16. The van der Waals surface area contributed by atoms with Gasteiger partial charge in [0.25, 0.3) is 33.7 Å². The molecular formula is C102H147N6NaO30S2+2. The van der Waals surface area contributed by atoms with Crippen LogP contribution in [0.3, 0.4) is 0 Å². The second-order valence-corrected chi connectivity index (χ2v) is 37.9. The van der Waals surface area contributed by atoms with E-state index in [1.165, 1.54) is 52.5 Å². The molecule has 0 radical (unpaired) electrons. The van der Waals surface area contributed by atoms with E-state index in [2.05, 4.69) is 106 Å². The Labute approximate surface area is 853 Å². The number of methoxy groups -OCH3 is 4. The zero-order valence-electron chi connectivity index (χ0n) is 84.3. The number of unbranched alkanes of at least 4 members (excludes halogenated alkanes) is 4. The van der Waals surface area contributed by atoms with Crippen molar-refractivity contribution in [3.8, 4) is 0 Å². The molecule has 141 heavy (non-hydrogen) atoms. The number of allylic oxidation sites excluding steroid dienone is 8. The molecule has 2 saturated heterocycles. The minimum Gasteiger partial charge on any atom is -0.744 e. The zero-order chi connectivity index (χ0) is 101. The fourth-order valence-corrected chi connectivity index (χ4v) is 19.0. The smallest absolute Gasteiger partial charge is 0.744 e. The van der Waals surface area contributed by atoms with Crippen LogP contribution in [0.5, 0.6) is 0 Å². The monoisotopic (exact) mass is 2020 g/mol. The van der Waals surface area contributed by atoms with Gasteiger partial charge in [-0.3, -0.25) is 23.7 Å². The van der Waals surface area contributed by atoms with Gasteiger partial charge in [-0.05, 0) is 153 Å². The number of likely N-dealkylation sites (N-methyl/N-ethyl adjacent to an activating group) is 2. The molecule has 2 fully saturated rings. The second kappa shape index (κ2) is 61.6. The van der Waals surface area contributed by atoms with Crippen LogP contribution in [-0.4, -0.2) is 332 Å². The molecular weight excluding hydrogens is 1880 g/mol. The largest absolute Gasteiger partial charge is 1.00 e. The van der Waals surface area contributed by atoms with Gasteiger partial charge < -0.3 is 99.8 Å². The SMILES string of the molecule is CCN1C(=CC=CC2=[N+](CCCCCC(=O)ON3C(=O)CCC3=O)c3ccc(S(=O)(=O)[O-])cc3C2(C)CCOCCOCCOCCOC)C(C)(CCOCCOCCOCCOC)c2cc(S(=O)(=O)O)ccc21.CCN1C(=CC=CC2=[N+](CCCCCC(=O)ON3C(=O)CCC3=O)c3ccccc3C2(C)CCOCCOCCOCCOC)C(C)(CCOCCOCCOCCOC)c2ccccc21.[Na+]. The van der Waals surface area contributed by atoms with Crippen molar-refractivity contribution < 1.29 is 179 Å². The molecule has 4 aromatic rings. The van der Waals surface area contributed by atoms with E-state index in [9.17, 15) is 54.7 Å². The average molecular weight is 2020 g/mol. The predicted octanol–water partition coefficient (Wildman–Crippen LogP) is 8.40. The standard InChI is InChI=1S/C51H73N3O18S2.C51H74N3O12.Na/c1-6-52-43-16-14-39(73(58,59)60)37-41(43)50(2,20-23-66-29-31-70-35-33-68-27-25-64-4)45(52)11-10-12-46-51(3,21-24-67-30-32-71-36-34-69-28-26-65-5)42-38-40(74(61,62)63)15-17-44(42)53(46)22-9-7-8-13-49(57)72-54-47(55)18-19-48(54)56;1-6-52-43-17-11-9-15-41(43)50(2,24-27-60-33-35-64-39-37-62-31-29-58-4)45(52)19-14-20-46-51(3,25-28-61-34-36-65-40-38-63-32-30-59-5)42-16-10-12-18-44(42)53(46)26-13-7-8-21-49(57)66-54-47(55)22-23-48(54)56;/h10-12,14-17,37-38H,6-9,13,18-36H2,1-5H3,(H-,58,59,60,61,62,63);9-12,14-20H,6-8,13,21-40H2,1-5H3;/q;2*+1. The molecule has 0 bridgehead atoms. The van der Waals surface area contributed by atoms with Crippen molar-refractivity contribution in [3.05, 3.63) is 155 Å². The third-order valence-corrected chi connectivity index (χ3v) is 27.2. The van der Waals surface area contributed by atoms with E-state index in [0.29, 0.717) is 244 Å². The quantitative estimate of drug-likeness (QED) is 0.0142. The first-order chi connectivity index (χ1) is 67.6. The molecule has 0 aromatic heterocycles. The van der Waals surface area contributed by atoms with Crippen LogP contribution in [0.4, 0.5) is 22.7 Å². The van der Waals surface area contributed by atoms with Gasteiger partial charge in [-0.1, -0.05) is 48.6 Å². The Morgan fingerprint density at radius 1 is 0.383 bits per heavy atom. The molecule has 39 heteroatoms. The molecule has 6 heterocycles. The summed E-state index contributed by atoms with van der Waals surface area (Å²) in [5.74, 6) is -3.33. The number of benzene rings is 4. The third-order valence-electron chi connectivity index (χ3n) is 25.6. The van der Waals surface area contributed by atoms with Crippen LogP contribution in [0.15, 0.2) is 143 Å². The molecule has 0 spiro atoms. The van der Waals surface area contributed by atoms with E-state index in [1.807, 2.05) is 39.0 Å². The van der Waals surface area contributed by atoms with Gasteiger partial charge >= 0.3 is 41.5 Å². The summed E-state index contributed by atoms with van der Waals surface area (Å²) in [4.78, 5) is 87.1. The number of hydroxylamine groups is 4. The fourth-order valence-electron chi connectivity index (χ4n) is 18.0. The van der Waals surface area contributed by atoms with Gasteiger partial charge in [0.1, 0.15) is 23.2 Å². The van der Waals surface area contributed by atoms with Gasteiger partial charge in [0.05, 0.1) is 179 Å². The van der Waals surface area contributed by atoms with Crippen molar-refractivity contribution in [1.29, 1.82) is 0 Å². The molecule has 1 N–H and O–H groups in total. The summed E-state index contributed by atoms with van der Waals surface area (Å²) < 4.78 is 166. The molecule has 776 valence electrons. The first-order valence-electron chi connectivity index (χ1n) is 48.7. The summed E-state index contributed by atoms with van der Waals surface area (Å²) in [7, 11) is -2.90. The van der Waals surface area contributed by atoms with Crippen molar-refractivity contribution in [2.75, 3.05) is 249 Å². The van der Waals surface area contributed by atoms with Crippen molar-refractivity contribution in [1.82, 2.24) is 10.1 Å². The number of carbonyl (C=O) groups excluding carboxylic acids is 6. The Hall–Kier alpha value is -7.82. The van der Waals surface area contributed by atoms with Crippen LogP contribution in [0, 0.1) is 0 Å². The summed E-state index contributed by atoms with van der Waals surface area (Å²) in [6.07, 6.45) is 18.7. The first-order valence-corrected chi connectivity index (χ1v) is 51.5. The number of anilines is 2. The van der Waals surface area contributed by atoms with Crippen LogP contribution in [0.25, 0.3) is 0 Å². The van der Waals surface area contributed by atoms with Crippen molar-refractivity contribution in [2.45, 2.75) is 176 Å². The number of carbonyl (C=O) groups is 6. The Balaban J connectivity index is 0.000000345. The predicted molar refractivity (Wildman–Crippen MR) is 520 cm³/mol. The fraction of sp³-hybridized carbons (Fsp3) is 0.608. The number of rotatable bonds is 70. The first kappa shape index (κ1) is 118. The number of hydrogen-bond acceptors (Lipinski definition) is 31. The number of fused-ring (bicyclic) bond motifs is 4. The maximum atomic E-state index is 12.6. The number of hydrogen-bond donors (Lipinski definition) is 1. The molecule has 6 aliphatic rings. The number of nitrogens with zero attached hydrogens (tertiary/aromatic N) is 6. The maximum absolute atomic E-state index is 12.6. The Bertz CT molecular complexity index is 5060. The average Bonchev–Trinajstić information content (AvgIpc) is 1.57. The third kappa shape index (κ3) is 34.7. The van der Waals surface area contributed by atoms with Gasteiger partial charge in [0.15, 0.2) is 11.4 Å². The van der Waals surface area contributed by atoms with E-state index in [4.69, 9.17) is 85.5 Å². The molecule has 0 aliphatic carbocycles. The van der Waals surface area contributed by atoms with Crippen molar-refractivity contribution >= 4 is 90.0 Å². The topological polar surface area (TPSA) is 399 Å². The summed E-state index contributed by atoms with van der Waals surface area (Å²) >= 11 is 0. The van der Waals surface area contributed by atoms with Crippen LogP contribution in [0.1, 0.15) is 167 Å². The molecule has 4 aromatic carbocycles. The van der Waals surface area contributed by atoms with Crippen molar-refractivity contribution in [3.63, 3.8) is 0 Å². The molecule has 6 aliphatic heterocycles. The summed E-state index contributed by atoms with van der Waals surface area (Å²) in [6.45, 7) is 27.8. The number of imide groups is 2. The molecule has 36 nitrogen and oxygen atoms in total. The van der Waals surface area contributed by atoms with Gasteiger partial charge in [0.2, 0.25) is 11.4 Å². The summed E-state index contributed by atoms with van der Waals surface area (Å²) in [5.41, 5.74) is 9.22. The van der Waals surface area contributed by atoms with E-state index in [1.54, 1.807) is 40.6 Å². The van der Waals surface area contributed by atoms with Crippen LogP contribution >= 0.6 is 0 Å². The second-order valence-electron chi connectivity index (χ2n) is 35.1. The van der Waals surface area contributed by atoms with E-state index < -0.39 is 66.6 Å². The maximum Gasteiger partial charge on any atom is 1.00 e. The van der Waals surface area contributed by atoms with Gasteiger partial charge in [0, 0.05) is 188 Å². The molecule has 10 rings (SSSR count). The van der Waals surface area contributed by atoms with Crippen LogP contribution < -0.4 is 39.4 Å². The number of amides is 4. The summed E-state index contributed by atoms with van der Waals surface area (Å²) in [6, 6.07) is 26.2. The Kier molecular flexibility index (Phi) is 51.7. The minimum absolute atomic E-state index is 0. The van der Waals surface area contributed by atoms with Crippen LogP contribution in [0.2, 0.25) is 0 Å². The Morgan fingerprint density at radius 3 is 1.06 bits per heavy atom. The van der Waals surface area contributed by atoms with E-state index in [0.717, 1.165) is 61.6 Å². The Morgan fingerprint density at radius 2 is 0.695 bits per heavy atom. The van der Waals surface area contributed by atoms with E-state index >= 15 is 0 Å². The normalized spacial score (nSPS) is 19.5. The summed E-state index contributed by atoms with van der Waals surface area (Å²) in [5, 5.41) is 1.15. The van der Waals surface area contributed by atoms with Crippen LogP contribution in [-0.2, 0) is 156 Å². The van der Waals surface area contributed by atoms with Crippen molar-refractivity contribution in [2.24, 2.45) is 0 Å². The zero-order valence-corrected chi connectivity index (χ0v) is 87.9.